The molecule has 2 heteroatoms. The van der Waals surface area contributed by atoms with Crippen LogP contribution in [-0.2, 0) is 6.42 Å². The molecular weight excluding hydrogens is 226 g/mol. The Labute approximate surface area is 88.7 Å². The summed E-state index contributed by atoms with van der Waals surface area (Å²) in [5, 5.41) is 3.31. The van der Waals surface area contributed by atoms with Gasteiger partial charge in [-0.3, -0.25) is 0 Å². The Bertz CT molecular complexity index is 256. The van der Waals surface area contributed by atoms with E-state index in [0.29, 0.717) is 6.04 Å². The van der Waals surface area contributed by atoms with Crippen molar-refractivity contribution in [2.75, 3.05) is 7.05 Å². The fraction of sp³-hybridized carbons (Fsp3) is 0.455. The summed E-state index contributed by atoms with van der Waals surface area (Å²) in [5.74, 6) is 0. The predicted octanol–water partition coefficient (Wildman–Crippen LogP) is 2.99. The monoisotopic (exact) mass is 241 g/mol. The fourth-order valence-electron chi connectivity index (χ4n) is 1.38. The van der Waals surface area contributed by atoms with E-state index < -0.39 is 0 Å². The second kappa shape index (κ2) is 5.40. The molecule has 0 aliphatic carbocycles. The maximum absolute atomic E-state index is 3.56. The minimum Gasteiger partial charge on any atom is -0.317 e. The molecule has 72 valence electrons. The van der Waals surface area contributed by atoms with Crippen LogP contribution in [0.25, 0.3) is 0 Å². The van der Waals surface area contributed by atoms with Crippen LogP contribution >= 0.6 is 15.9 Å². The normalized spacial score (nSPS) is 12.8. The van der Waals surface area contributed by atoms with Crippen molar-refractivity contribution >= 4 is 15.9 Å². The molecule has 0 amide bonds. The summed E-state index contributed by atoms with van der Waals surface area (Å²) in [6.07, 6.45) is 2.26. The molecule has 0 aliphatic rings. The maximum atomic E-state index is 3.56. The standard InChI is InChI=1S/C11H16BrN/c1-3-10(13-2)8-9-6-4-5-7-11(9)12/h4-7,10,13H,3,8H2,1-2H3. The molecule has 1 rings (SSSR count). The van der Waals surface area contributed by atoms with E-state index >= 15 is 0 Å². The molecule has 0 heterocycles. The van der Waals surface area contributed by atoms with Crippen molar-refractivity contribution in [3.8, 4) is 0 Å². The number of benzene rings is 1. The van der Waals surface area contributed by atoms with E-state index in [4.69, 9.17) is 0 Å². The van der Waals surface area contributed by atoms with E-state index in [1.807, 2.05) is 13.1 Å². The first-order valence-electron chi connectivity index (χ1n) is 4.68. The van der Waals surface area contributed by atoms with Crippen LogP contribution in [0, 0.1) is 0 Å². The van der Waals surface area contributed by atoms with Gasteiger partial charge in [-0.05, 0) is 31.5 Å². The Morgan fingerprint density at radius 1 is 1.38 bits per heavy atom. The fourth-order valence-corrected chi connectivity index (χ4v) is 1.83. The third-order valence-corrected chi connectivity index (χ3v) is 3.10. The van der Waals surface area contributed by atoms with Gasteiger partial charge in [-0.2, -0.15) is 0 Å². The van der Waals surface area contributed by atoms with E-state index in [2.05, 4.69) is 46.4 Å². The average molecular weight is 242 g/mol. The Morgan fingerprint density at radius 3 is 2.62 bits per heavy atom. The third-order valence-electron chi connectivity index (χ3n) is 2.33. The lowest BCUT2D eigenvalue weighted by Crippen LogP contribution is -2.26. The lowest BCUT2D eigenvalue weighted by Gasteiger charge is -2.14. The molecule has 0 bridgehead atoms. The second-order valence-corrected chi connectivity index (χ2v) is 4.04. The van der Waals surface area contributed by atoms with Crippen molar-refractivity contribution < 1.29 is 0 Å². The highest BCUT2D eigenvalue weighted by molar-refractivity contribution is 9.10. The van der Waals surface area contributed by atoms with Crippen molar-refractivity contribution in [2.24, 2.45) is 0 Å². The zero-order valence-corrected chi connectivity index (χ0v) is 9.76. The van der Waals surface area contributed by atoms with E-state index in [0.717, 1.165) is 12.8 Å². The highest BCUT2D eigenvalue weighted by atomic mass is 79.9. The van der Waals surface area contributed by atoms with Gasteiger partial charge in [0, 0.05) is 10.5 Å². The third kappa shape index (κ3) is 3.12. The highest BCUT2D eigenvalue weighted by Crippen LogP contribution is 2.17. The van der Waals surface area contributed by atoms with Crippen LogP contribution < -0.4 is 5.32 Å². The van der Waals surface area contributed by atoms with Crippen molar-refractivity contribution in [1.29, 1.82) is 0 Å². The van der Waals surface area contributed by atoms with Crippen LogP contribution in [0.15, 0.2) is 28.7 Å². The number of halogens is 1. The van der Waals surface area contributed by atoms with Crippen molar-refractivity contribution in [3.05, 3.63) is 34.3 Å². The number of hydrogen-bond acceptors (Lipinski definition) is 1. The number of hydrogen-bond donors (Lipinski definition) is 1. The summed E-state index contributed by atoms with van der Waals surface area (Å²) in [4.78, 5) is 0. The zero-order chi connectivity index (χ0) is 9.68. The first kappa shape index (κ1) is 10.7. The smallest absolute Gasteiger partial charge is 0.0207 e. The zero-order valence-electron chi connectivity index (χ0n) is 8.18. The predicted molar refractivity (Wildman–Crippen MR) is 61.0 cm³/mol. The minimum atomic E-state index is 0.582. The SMILES string of the molecule is CCC(Cc1ccccc1Br)NC. The molecule has 0 fully saturated rings. The van der Waals surface area contributed by atoms with Crippen LogP contribution in [-0.4, -0.2) is 13.1 Å². The van der Waals surface area contributed by atoms with Crippen LogP contribution in [0.4, 0.5) is 0 Å². The number of rotatable bonds is 4. The molecule has 0 aromatic heterocycles. The van der Waals surface area contributed by atoms with E-state index in [9.17, 15) is 0 Å². The summed E-state index contributed by atoms with van der Waals surface area (Å²) in [7, 11) is 2.02. The van der Waals surface area contributed by atoms with Crippen LogP contribution in [0.2, 0.25) is 0 Å². The largest absolute Gasteiger partial charge is 0.317 e. The Morgan fingerprint density at radius 2 is 2.08 bits per heavy atom. The molecule has 1 nitrogen and oxygen atoms in total. The van der Waals surface area contributed by atoms with Gasteiger partial charge in [0.2, 0.25) is 0 Å². The molecular formula is C11H16BrN. The van der Waals surface area contributed by atoms with Crippen molar-refractivity contribution in [1.82, 2.24) is 5.32 Å². The molecule has 0 spiro atoms. The Hall–Kier alpha value is -0.340. The van der Waals surface area contributed by atoms with Gasteiger partial charge < -0.3 is 5.32 Å². The molecule has 0 radical (unpaired) electrons. The minimum absolute atomic E-state index is 0.582. The van der Waals surface area contributed by atoms with Crippen molar-refractivity contribution in [3.63, 3.8) is 0 Å². The number of likely N-dealkylation sites (N-methyl/N-ethyl adjacent to an activating group) is 1. The maximum Gasteiger partial charge on any atom is 0.0207 e. The van der Waals surface area contributed by atoms with Gasteiger partial charge in [-0.25, -0.2) is 0 Å². The first-order chi connectivity index (χ1) is 6.27. The van der Waals surface area contributed by atoms with E-state index in [1.165, 1.54) is 10.0 Å². The first-order valence-corrected chi connectivity index (χ1v) is 5.48. The molecule has 1 unspecified atom stereocenters. The van der Waals surface area contributed by atoms with Gasteiger partial charge in [0.1, 0.15) is 0 Å². The summed E-state index contributed by atoms with van der Waals surface area (Å²) >= 11 is 3.56. The van der Waals surface area contributed by atoms with Gasteiger partial charge in [0.25, 0.3) is 0 Å². The average Bonchev–Trinajstić information content (AvgIpc) is 2.17. The molecule has 0 saturated carbocycles. The molecule has 1 atom stereocenters. The van der Waals surface area contributed by atoms with E-state index in [1.54, 1.807) is 0 Å². The second-order valence-electron chi connectivity index (χ2n) is 3.19. The quantitative estimate of drug-likeness (QED) is 0.855. The summed E-state index contributed by atoms with van der Waals surface area (Å²) in [6, 6.07) is 8.98. The van der Waals surface area contributed by atoms with Crippen LogP contribution in [0.5, 0.6) is 0 Å². The molecule has 1 aromatic carbocycles. The van der Waals surface area contributed by atoms with Gasteiger partial charge in [0.05, 0.1) is 0 Å². The van der Waals surface area contributed by atoms with Gasteiger partial charge in [-0.15, -0.1) is 0 Å². The van der Waals surface area contributed by atoms with Gasteiger partial charge >= 0.3 is 0 Å². The van der Waals surface area contributed by atoms with Gasteiger partial charge in [-0.1, -0.05) is 41.1 Å². The molecule has 13 heavy (non-hydrogen) atoms. The van der Waals surface area contributed by atoms with Crippen LogP contribution in [0.1, 0.15) is 18.9 Å². The van der Waals surface area contributed by atoms with Crippen LogP contribution in [0.3, 0.4) is 0 Å². The lowest BCUT2D eigenvalue weighted by atomic mass is 10.0. The Kier molecular flexibility index (Phi) is 4.46. The molecule has 0 saturated heterocycles. The Balaban J connectivity index is 2.67. The molecule has 1 aromatic rings. The van der Waals surface area contributed by atoms with E-state index in [-0.39, 0.29) is 0 Å². The molecule has 0 aliphatic heterocycles. The molecule has 1 N–H and O–H groups in total. The summed E-state index contributed by atoms with van der Waals surface area (Å²) < 4.78 is 1.21. The van der Waals surface area contributed by atoms with Gasteiger partial charge in [0.15, 0.2) is 0 Å². The summed E-state index contributed by atoms with van der Waals surface area (Å²) in [5.41, 5.74) is 1.38. The highest BCUT2D eigenvalue weighted by Gasteiger charge is 2.06. The topological polar surface area (TPSA) is 12.0 Å². The summed E-state index contributed by atoms with van der Waals surface area (Å²) in [6.45, 7) is 2.21. The van der Waals surface area contributed by atoms with Crippen molar-refractivity contribution in [2.45, 2.75) is 25.8 Å². The number of nitrogens with one attached hydrogen (secondary N) is 1. The lowest BCUT2D eigenvalue weighted by molar-refractivity contribution is 0.542.